The van der Waals surface area contributed by atoms with Crippen molar-refractivity contribution in [2.45, 2.75) is 26.2 Å². The van der Waals surface area contributed by atoms with E-state index >= 15 is 0 Å². The second-order valence-electron chi connectivity index (χ2n) is 5.04. The Morgan fingerprint density at radius 3 is 2.60 bits per heavy atom. The zero-order valence-electron chi connectivity index (χ0n) is 11.5. The number of carboxylic acid groups (broad SMARTS) is 1. The van der Waals surface area contributed by atoms with Crippen molar-refractivity contribution in [1.29, 1.82) is 0 Å². The highest BCUT2D eigenvalue weighted by Crippen LogP contribution is 2.27. The summed E-state index contributed by atoms with van der Waals surface area (Å²) in [6, 6.07) is 7.64. The maximum Gasteiger partial charge on any atom is 0.307 e. The molecular weight excluding hydrogens is 254 g/mol. The van der Waals surface area contributed by atoms with Gasteiger partial charge in [-0.05, 0) is 37.0 Å². The number of allylic oxidation sites excluding steroid dienone is 2. The smallest absolute Gasteiger partial charge is 0.307 e. The van der Waals surface area contributed by atoms with Crippen LogP contribution in [0.1, 0.15) is 25.3 Å². The normalized spacial score (nSPS) is 21.4. The number of amides is 1. The van der Waals surface area contributed by atoms with Crippen molar-refractivity contribution in [3.63, 3.8) is 0 Å². The van der Waals surface area contributed by atoms with Crippen LogP contribution < -0.4 is 5.32 Å². The van der Waals surface area contributed by atoms with E-state index in [0.717, 1.165) is 17.7 Å². The summed E-state index contributed by atoms with van der Waals surface area (Å²) in [6.45, 7) is 2.05. The van der Waals surface area contributed by atoms with Crippen molar-refractivity contribution < 1.29 is 14.7 Å². The van der Waals surface area contributed by atoms with Gasteiger partial charge in [0.2, 0.25) is 5.91 Å². The summed E-state index contributed by atoms with van der Waals surface area (Å²) in [5.41, 5.74) is 1.87. The minimum atomic E-state index is -0.906. The third-order valence-electron chi connectivity index (χ3n) is 3.69. The molecule has 1 aromatic carbocycles. The Morgan fingerprint density at radius 2 is 1.95 bits per heavy atom. The highest BCUT2D eigenvalue weighted by atomic mass is 16.4. The van der Waals surface area contributed by atoms with Gasteiger partial charge in [0.25, 0.3) is 0 Å². The van der Waals surface area contributed by atoms with E-state index in [2.05, 4.69) is 5.32 Å². The van der Waals surface area contributed by atoms with E-state index in [4.69, 9.17) is 0 Å². The topological polar surface area (TPSA) is 66.4 Å². The molecule has 0 aromatic heterocycles. The lowest BCUT2D eigenvalue weighted by Crippen LogP contribution is -2.34. The lowest BCUT2D eigenvalue weighted by Gasteiger charge is -2.24. The molecule has 2 rings (SSSR count). The SMILES string of the molecule is CCc1cccc(NC(=O)[C@@H]2CC=CC[C@@H]2C(=O)O)c1. The molecule has 0 radical (unpaired) electrons. The van der Waals surface area contributed by atoms with Crippen LogP contribution in [0.5, 0.6) is 0 Å². The largest absolute Gasteiger partial charge is 0.481 e. The summed E-state index contributed by atoms with van der Waals surface area (Å²) >= 11 is 0. The first-order chi connectivity index (χ1) is 9.61. The third kappa shape index (κ3) is 3.26. The molecule has 20 heavy (non-hydrogen) atoms. The molecule has 1 aromatic rings. The van der Waals surface area contributed by atoms with Crippen molar-refractivity contribution in [1.82, 2.24) is 0 Å². The number of nitrogens with one attached hydrogen (secondary N) is 1. The molecule has 0 heterocycles. The van der Waals surface area contributed by atoms with Crippen molar-refractivity contribution in [2.24, 2.45) is 11.8 Å². The number of aliphatic carboxylic acids is 1. The Bertz CT molecular complexity index is 536. The lowest BCUT2D eigenvalue weighted by molar-refractivity contribution is -0.146. The van der Waals surface area contributed by atoms with E-state index in [-0.39, 0.29) is 5.91 Å². The Balaban J connectivity index is 2.10. The van der Waals surface area contributed by atoms with Crippen LogP contribution in [0.4, 0.5) is 5.69 Å². The molecule has 1 aliphatic carbocycles. The first-order valence-electron chi connectivity index (χ1n) is 6.89. The summed E-state index contributed by atoms with van der Waals surface area (Å²) in [4.78, 5) is 23.5. The van der Waals surface area contributed by atoms with Crippen molar-refractivity contribution in [3.05, 3.63) is 42.0 Å². The number of hydrogen-bond donors (Lipinski definition) is 2. The van der Waals surface area contributed by atoms with Crippen LogP contribution in [0.15, 0.2) is 36.4 Å². The number of carboxylic acids is 1. The van der Waals surface area contributed by atoms with E-state index in [1.807, 2.05) is 43.3 Å². The van der Waals surface area contributed by atoms with E-state index in [0.29, 0.717) is 12.8 Å². The quantitative estimate of drug-likeness (QED) is 0.829. The molecule has 0 saturated carbocycles. The number of rotatable bonds is 4. The Kier molecular flexibility index (Phi) is 4.56. The minimum Gasteiger partial charge on any atom is -0.481 e. The Hall–Kier alpha value is -2.10. The summed E-state index contributed by atoms with van der Waals surface area (Å²) in [5, 5.41) is 12.0. The standard InChI is InChI=1S/C16H19NO3/c1-2-11-6-5-7-12(10-11)17-15(18)13-8-3-4-9-14(13)16(19)20/h3-7,10,13-14H,2,8-9H2,1H3,(H,17,18)(H,19,20)/t13-,14+/m1/s1. The van der Waals surface area contributed by atoms with Gasteiger partial charge in [0.1, 0.15) is 0 Å². The molecule has 106 valence electrons. The molecule has 0 aliphatic heterocycles. The number of anilines is 1. The van der Waals surface area contributed by atoms with E-state index < -0.39 is 17.8 Å². The third-order valence-corrected chi connectivity index (χ3v) is 3.69. The van der Waals surface area contributed by atoms with Crippen molar-refractivity contribution in [3.8, 4) is 0 Å². The maximum atomic E-state index is 12.3. The van der Waals surface area contributed by atoms with Crippen LogP contribution in [-0.4, -0.2) is 17.0 Å². The number of carbonyl (C=O) groups is 2. The number of benzene rings is 1. The highest BCUT2D eigenvalue weighted by Gasteiger charge is 2.33. The average Bonchev–Trinajstić information content (AvgIpc) is 2.47. The molecule has 0 bridgehead atoms. The number of carbonyl (C=O) groups excluding carboxylic acids is 1. The van der Waals surface area contributed by atoms with E-state index in [1.165, 1.54) is 0 Å². The maximum absolute atomic E-state index is 12.3. The molecule has 2 atom stereocenters. The monoisotopic (exact) mass is 273 g/mol. The van der Waals surface area contributed by atoms with Gasteiger partial charge in [-0.15, -0.1) is 0 Å². The lowest BCUT2D eigenvalue weighted by atomic mass is 9.82. The molecule has 1 aliphatic rings. The van der Waals surface area contributed by atoms with Gasteiger partial charge in [-0.2, -0.15) is 0 Å². The summed E-state index contributed by atoms with van der Waals surface area (Å²) in [7, 11) is 0. The zero-order chi connectivity index (χ0) is 14.5. The molecule has 1 amide bonds. The first kappa shape index (κ1) is 14.3. The highest BCUT2D eigenvalue weighted by molar-refractivity contribution is 5.95. The molecule has 0 spiro atoms. The Morgan fingerprint density at radius 1 is 1.25 bits per heavy atom. The van der Waals surface area contributed by atoms with Gasteiger partial charge < -0.3 is 10.4 Å². The molecule has 2 N–H and O–H groups in total. The van der Waals surface area contributed by atoms with E-state index in [1.54, 1.807) is 0 Å². The molecule has 4 nitrogen and oxygen atoms in total. The predicted octanol–water partition coefficient (Wildman–Crippen LogP) is 2.85. The van der Waals surface area contributed by atoms with Crippen LogP contribution in [0, 0.1) is 11.8 Å². The number of hydrogen-bond acceptors (Lipinski definition) is 2. The van der Waals surface area contributed by atoms with Gasteiger partial charge >= 0.3 is 5.97 Å². The molecule has 0 saturated heterocycles. The Labute approximate surface area is 118 Å². The molecule has 4 heteroatoms. The van der Waals surface area contributed by atoms with Crippen molar-refractivity contribution in [2.75, 3.05) is 5.32 Å². The fraction of sp³-hybridized carbons (Fsp3) is 0.375. The summed E-state index contributed by atoms with van der Waals surface area (Å²) in [6.07, 6.45) is 5.51. The average molecular weight is 273 g/mol. The molecule has 0 fully saturated rings. The van der Waals surface area contributed by atoms with Gasteiger partial charge in [-0.25, -0.2) is 0 Å². The van der Waals surface area contributed by atoms with Crippen LogP contribution in [0.2, 0.25) is 0 Å². The van der Waals surface area contributed by atoms with Gasteiger partial charge in [-0.3, -0.25) is 9.59 Å². The van der Waals surface area contributed by atoms with Crippen LogP contribution in [-0.2, 0) is 16.0 Å². The van der Waals surface area contributed by atoms with Crippen LogP contribution in [0.3, 0.4) is 0 Å². The molecule has 0 unspecified atom stereocenters. The second-order valence-corrected chi connectivity index (χ2v) is 5.04. The van der Waals surface area contributed by atoms with Crippen LogP contribution in [0.25, 0.3) is 0 Å². The summed E-state index contributed by atoms with van der Waals surface area (Å²) in [5.74, 6) is -2.25. The number of aryl methyl sites for hydroxylation is 1. The minimum absolute atomic E-state index is 0.213. The van der Waals surface area contributed by atoms with E-state index in [9.17, 15) is 14.7 Å². The fourth-order valence-corrected chi connectivity index (χ4v) is 2.48. The predicted molar refractivity (Wildman–Crippen MR) is 77.4 cm³/mol. The summed E-state index contributed by atoms with van der Waals surface area (Å²) < 4.78 is 0. The first-order valence-corrected chi connectivity index (χ1v) is 6.89. The van der Waals surface area contributed by atoms with Crippen LogP contribution >= 0.6 is 0 Å². The van der Waals surface area contributed by atoms with Gasteiger partial charge in [0.05, 0.1) is 11.8 Å². The molecular formula is C16H19NO3. The van der Waals surface area contributed by atoms with Crippen molar-refractivity contribution >= 4 is 17.6 Å². The van der Waals surface area contributed by atoms with Gasteiger partial charge in [0.15, 0.2) is 0 Å². The van der Waals surface area contributed by atoms with Gasteiger partial charge in [0, 0.05) is 5.69 Å². The second kappa shape index (κ2) is 6.37. The van der Waals surface area contributed by atoms with Gasteiger partial charge in [-0.1, -0.05) is 31.2 Å². The fourth-order valence-electron chi connectivity index (χ4n) is 2.48. The zero-order valence-corrected chi connectivity index (χ0v) is 11.5.